The van der Waals surface area contributed by atoms with E-state index in [4.69, 9.17) is 4.74 Å². The molecule has 0 atom stereocenters. The van der Waals surface area contributed by atoms with Crippen LogP contribution in [0.4, 0.5) is 4.79 Å². The smallest absolute Gasteiger partial charge is 0.407 e. The van der Waals surface area contributed by atoms with E-state index in [2.05, 4.69) is 43.3 Å². The lowest BCUT2D eigenvalue weighted by atomic mass is 9.81. The van der Waals surface area contributed by atoms with E-state index in [0.29, 0.717) is 6.54 Å². The lowest BCUT2D eigenvalue weighted by Crippen LogP contribution is -2.60. The van der Waals surface area contributed by atoms with Crippen LogP contribution in [0.25, 0.3) is 0 Å². The number of amides is 1. The second kappa shape index (κ2) is 8.13. The number of pyridine rings is 1. The second-order valence-electron chi connectivity index (χ2n) is 6.88. The summed E-state index contributed by atoms with van der Waals surface area (Å²) in [4.78, 5) is 15.2. The topological polar surface area (TPSA) is 63.2 Å². The zero-order valence-electron chi connectivity index (χ0n) is 14.3. The summed E-state index contributed by atoms with van der Waals surface area (Å²) in [7, 11) is 0. The van der Waals surface area contributed by atoms with Gasteiger partial charge < -0.3 is 15.4 Å². The van der Waals surface area contributed by atoms with Crippen LogP contribution in [0, 0.1) is 0 Å². The number of carbonyl (C=O) groups excluding carboxylic acids is 1. The molecular weight excluding hydrogens is 278 g/mol. The molecule has 1 aliphatic rings. The van der Waals surface area contributed by atoms with Crippen molar-refractivity contribution >= 4 is 6.09 Å². The number of hydrogen-bond donors (Lipinski definition) is 2. The van der Waals surface area contributed by atoms with E-state index in [1.54, 1.807) is 12.4 Å². The normalized spacial score (nSPS) is 19.5. The Bertz CT molecular complexity index is 404. The number of hydrogen-bond acceptors (Lipinski definition) is 4. The van der Waals surface area contributed by atoms with Crippen molar-refractivity contribution in [2.45, 2.75) is 64.6 Å². The fourth-order valence-corrected chi connectivity index (χ4v) is 2.96. The summed E-state index contributed by atoms with van der Waals surface area (Å²) >= 11 is 0. The number of rotatable bonds is 2. The minimum Gasteiger partial charge on any atom is -0.446 e. The van der Waals surface area contributed by atoms with E-state index in [-0.39, 0.29) is 23.3 Å². The third-order valence-electron chi connectivity index (χ3n) is 3.31. The van der Waals surface area contributed by atoms with Gasteiger partial charge >= 0.3 is 6.09 Å². The molecule has 124 valence electrons. The van der Waals surface area contributed by atoms with Gasteiger partial charge in [-0.15, -0.1) is 0 Å². The summed E-state index contributed by atoms with van der Waals surface area (Å²) in [6.07, 6.45) is 4.90. The predicted molar refractivity (Wildman–Crippen MR) is 88.7 cm³/mol. The summed E-state index contributed by atoms with van der Waals surface area (Å²) in [6.45, 7) is 11.1. The van der Waals surface area contributed by atoms with Crippen molar-refractivity contribution in [1.29, 1.82) is 0 Å². The van der Waals surface area contributed by atoms with E-state index >= 15 is 0 Å². The highest BCUT2D eigenvalue weighted by Gasteiger charge is 2.39. The Labute approximate surface area is 133 Å². The average molecular weight is 307 g/mol. The number of piperidine rings is 1. The Morgan fingerprint density at radius 1 is 1.18 bits per heavy atom. The van der Waals surface area contributed by atoms with Crippen LogP contribution in [0.15, 0.2) is 30.6 Å². The first-order valence-corrected chi connectivity index (χ1v) is 7.83. The number of nitrogens with one attached hydrogen (secondary N) is 2. The maximum Gasteiger partial charge on any atom is 0.407 e. The Hall–Kier alpha value is -1.62. The maximum atomic E-state index is 11.4. The van der Waals surface area contributed by atoms with Gasteiger partial charge in [-0.2, -0.15) is 0 Å². The van der Waals surface area contributed by atoms with Crippen molar-refractivity contribution in [2.24, 2.45) is 0 Å². The number of aromatic nitrogens is 1. The molecule has 2 heterocycles. The molecule has 2 rings (SSSR count). The summed E-state index contributed by atoms with van der Waals surface area (Å²) < 4.78 is 5.41. The van der Waals surface area contributed by atoms with Crippen molar-refractivity contribution in [1.82, 2.24) is 15.6 Å². The van der Waals surface area contributed by atoms with Crippen molar-refractivity contribution in [3.63, 3.8) is 0 Å². The lowest BCUT2D eigenvalue weighted by Gasteiger charge is -2.45. The fourth-order valence-electron chi connectivity index (χ4n) is 2.96. The Balaban J connectivity index is 0.000000335. The third-order valence-corrected chi connectivity index (χ3v) is 3.31. The average Bonchev–Trinajstić information content (AvgIpc) is 2.37. The largest absolute Gasteiger partial charge is 0.446 e. The molecule has 0 spiro atoms. The van der Waals surface area contributed by atoms with E-state index < -0.39 is 0 Å². The highest BCUT2D eigenvalue weighted by Crippen LogP contribution is 2.30. The number of ether oxygens (including phenoxy) is 1. The quantitative estimate of drug-likeness (QED) is 0.881. The monoisotopic (exact) mass is 307 g/mol. The summed E-state index contributed by atoms with van der Waals surface area (Å²) in [6, 6.07) is 5.72. The SMILES string of the molecule is CCNC(=O)OC1CC(C)(C)NC(C)(C)C1.c1ccncc1. The molecule has 0 saturated carbocycles. The van der Waals surface area contributed by atoms with Gasteiger partial charge in [0.15, 0.2) is 0 Å². The van der Waals surface area contributed by atoms with Crippen LogP contribution < -0.4 is 10.6 Å². The predicted octanol–water partition coefficient (Wildman–Crippen LogP) is 3.12. The Kier molecular flexibility index (Phi) is 6.81. The molecule has 0 radical (unpaired) electrons. The molecule has 0 aromatic carbocycles. The first-order chi connectivity index (χ1) is 10.2. The Morgan fingerprint density at radius 2 is 1.73 bits per heavy atom. The van der Waals surface area contributed by atoms with Crippen LogP contribution in [0.2, 0.25) is 0 Å². The van der Waals surface area contributed by atoms with Gasteiger partial charge in [-0.25, -0.2) is 4.79 Å². The van der Waals surface area contributed by atoms with Gasteiger partial charge in [0.05, 0.1) is 0 Å². The van der Waals surface area contributed by atoms with Crippen molar-refractivity contribution < 1.29 is 9.53 Å². The Morgan fingerprint density at radius 3 is 2.09 bits per heavy atom. The fraction of sp³-hybridized carbons (Fsp3) is 0.647. The summed E-state index contributed by atoms with van der Waals surface area (Å²) in [5.41, 5.74) is 0.0256. The molecule has 1 amide bonds. The molecule has 2 N–H and O–H groups in total. The second-order valence-corrected chi connectivity index (χ2v) is 6.88. The van der Waals surface area contributed by atoms with Gasteiger partial charge in [-0.3, -0.25) is 4.98 Å². The minimum atomic E-state index is -0.305. The van der Waals surface area contributed by atoms with E-state index in [9.17, 15) is 4.79 Å². The van der Waals surface area contributed by atoms with Crippen LogP contribution in [-0.2, 0) is 4.74 Å². The highest BCUT2D eigenvalue weighted by molar-refractivity contribution is 5.67. The van der Waals surface area contributed by atoms with Gasteiger partial charge in [0.1, 0.15) is 6.10 Å². The molecule has 1 aromatic heterocycles. The molecule has 0 unspecified atom stereocenters. The molecule has 5 heteroatoms. The van der Waals surface area contributed by atoms with Gasteiger partial charge in [0.25, 0.3) is 0 Å². The van der Waals surface area contributed by atoms with Crippen molar-refractivity contribution in [2.75, 3.05) is 6.54 Å². The molecule has 22 heavy (non-hydrogen) atoms. The summed E-state index contributed by atoms with van der Waals surface area (Å²) in [5, 5.41) is 6.22. The minimum absolute atomic E-state index is 0.00204. The molecule has 1 fully saturated rings. The third kappa shape index (κ3) is 7.41. The van der Waals surface area contributed by atoms with Gasteiger partial charge in [0, 0.05) is 42.9 Å². The van der Waals surface area contributed by atoms with E-state index in [0.717, 1.165) is 12.8 Å². The molecule has 0 bridgehead atoms. The number of alkyl carbamates (subject to hydrolysis) is 1. The van der Waals surface area contributed by atoms with Crippen LogP contribution in [0.5, 0.6) is 0 Å². The van der Waals surface area contributed by atoms with Gasteiger partial charge in [-0.05, 0) is 46.8 Å². The molecule has 1 saturated heterocycles. The van der Waals surface area contributed by atoms with Crippen LogP contribution in [0.1, 0.15) is 47.5 Å². The number of carbonyl (C=O) groups is 1. The lowest BCUT2D eigenvalue weighted by molar-refractivity contribution is 0.0196. The molecule has 0 aliphatic carbocycles. The van der Waals surface area contributed by atoms with E-state index in [1.807, 2.05) is 25.1 Å². The van der Waals surface area contributed by atoms with Crippen molar-refractivity contribution in [3.8, 4) is 0 Å². The zero-order chi connectivity index (χ0) is 16.6. The molecule has 1 aromatic rings. The molecule has 1 aliphatic heterocycles. The summed E-state index contributed by atoms with van der Waals surface area (Å²) in [5.74, 6) is 0. The van der Waals surface area contributed by atoms with Crippen molar-refractivity contribution in [3.05, 3.63) is 30.6 Å². The standard InChI is InChI=1S/C12H24N2O2.C5H5N/c1-6-13-10(15)16-9-7-11(2,3)14-12(4,5)8-9;1-2-4-6-5-3-1/h9,14H,6-8H2,1-5H3,(H,13,15);1-5H. The maximum absolute atomic E-state index is 11.4. The van der Waals surface area contributed by atoms with Gasteiger partial charge in [-0.1, -0.05) is 6.07 Å². The first-order valence-electron chi connectivity index (χ1n) is 7.83. The zero-order valence-corrected chi connectivity index (χ0v) is 14.3. The van der Waals surface area contributed by atoms with E-state index in [1.165, 1.54) is 0 Å². The van der Waals surface area contributed by atoms with Crippen LogP contribution >= 0.6 is 0 Å². The molecule has 5 nitrogen and oxygen atoms in total. The van der Waals surface area contributed by atoms with Gasteiger partial charge in [0.2, 0.25) is 0 Å². The number of nitrogens with zero attached hydrogens (tertiary/aromatic N) is 1. The molecular formula is C17H29N3O2. The van der Waals surface area contributed by atoms with Crippen LogP contribution in [0.3, 0.4) is 0 Å². The van der Waals surface area contributed by atoms with Crippen LogP contribution in [-0.4, -0.2) is 34.8 Å². The highest BCUT2D eigenvalue weighted by atomic mass is 16.6. The first kappa shape index (κ1) is 18.4.